The van der Waals surface area contributed by atoms with Crippen molar-refractivity contribution in [1.82, 2.24) is 5.32 Å². The van der Waals surface area contributed by atoms with Gasteiger partial charge in [-0.2, -0.15) is 0 Å². The van der Waals surface area contributed by atoms with Crippen molar-refractivity contribution in [2.45, 2.75) is 12.6 Å². The predicted molar refractivity (Wildman–Crippen MR) is 60.1 cm³/mol. The molecule has 76 valence electrons. The molecular weight excluding hydrogens is 188 g/mol. The molecule has 3 heteroatoms. The van der Waals surface area contributed by atoms with Crippen molar-refractivity contribution in [3.63, 3.8) is 0 Å². The topological polar surface area (TPSA) is 37.5 Å². The average molecular weight is 200 g/mol. The molecule has 3 nitrogen and oxygen atoms in total. The quantitative estimate of drug-likeness (QED) is 0.768. The Morgan fingerprint density at radius 1 is 1.33 bits per heavy atom. The van der Waals surface area contributed by atoms with E-state index in [1.165, 1.54) is 0 Å². The minimum atomic E-state index is -0.00819. The predicted octanol–water partition coefficient (Wildman–Crippen LogP) is 2.50. The minimum absolute atomic E-state index is 0.00819. The van der Waals surface area contributed by atoms with Crippen LogP contribution in [0.3, 0.4) is 0 Å². The van der Waals surface area contributed by atoms with E-state index in [1.54, 1.807) is 0 Å². The number of nitrogens with one attached hydrogen (secondary N) is 1. The van der Waals surface area contributed by atoms with Crippen LogP contribution < -0.4 is 5.32 Å². The monoisotopic (exact) mass is 200 g/mol. The number of rotatable bonds is 1. The van der Waals surface area contributed by atoms with E-state index >= 15 is 0 Å². The summed E-state index contributed by atoms with van der Waals surface area (Å²) in [5, 5.41) is 4.44. The fourth-order valence-corrected chi connectivity index (χ4v) is 1.83. The lowest BCUT2D eigenvalue weighted by Gasteiger charge is -2.14. The Kier molecular flexibility index (Phi) is 2.03. The van der Waals surface area contributed by atoms with Crippen molar-refractivity contribution < 1.29 is 4.42 Å². The standard InChI is InChI=1S/C12H12N2O/c1-2-5-10-9(4-1)8-11(15-10)12-13-6-3-7-14-12/h1-2,4-6,8,12,14H,3,7H2. The van der Waals surface area contributed by atoms with Crippen molar-refractivity contribution in [2.75, 3.05) is 6.54 Å². The first-order chi connectivity index (χ1) is 7.43. The lowest BCUT2D eigenvalue weighted by atomic mass is 10.2. The van der Waals surface area contributed by atoms with Crippen molar-refractivity contribution in [1.29, 1.82) is 0 Å². The van der Waals surface area contributed by atoms with E-state index in [4.69, 9.17) is 4.42 Å². The van der Waals surface area contributed by atoms with Gasteiger partial charge in [-0.15, -0.1) is 0 Å². The van der Waals surface area contributed by atoms with Gasteiger partial charge in [0.1, 0.15) is 11.3 Å². The first-order valence-corrected chi connectivity index (χ1v) is 5.17. The second kappa shape index (κ2) is 3.51. The van der Waals surface area contributed by atoms with Gasteiger partial charge in [-0.1, -0.05) is 18.2 Å². The van der Waals surface area contributed by atoms with E-state index in [1.807, 2.05) is 24.4 Å². The molecule has 1 unspecified atom stereocenters. The van der Waals surface area contributed by atoms with Gasteiger partial charge in [0.2, 0.25) is 0 Å². The number of para-hydroxylation sites is 1. The van der Waals surface area contributed by atoms with E-state index in [9.17, 15) is 0 Å². The second-order valence-electron chi connectivity index (χ2n) is 3.66. The SMILES string of the molecule is C1=NC(c2cc3ccccc3o2)NCC1. The van der Waals surface area contributed by atoms with Crippen molar-refractivity contribution >= 4 is 17.2 Å². The molecule has 3 rings (SSSR count). The fraction of sp³-hybridized carbons (Fsp3) is 0.250. The average Bonchev–Trinajstić information content (AvgIpc) is 2.74. The normalized spacial score (nSPS) is 20.9. The molecule has 1 aromatic heterocycles. The van der Waals surface area contributed by atoms with Crippen LogP contribution in [0.5, 0.6) is 0 Å². The molecule has 0 radical (unpaired) electrons. The smallest absolute Gasteiger partial charge is 0.158 e. The summed E-state index contributed by atoms with van der Waals surface area (Å²) < 4.78 is 5.73. The first-order valence-electron chi connectivity index (χ1n) is 5.17. The van der Waals surface area contributed by atoms with E-state index in [0.717, 1.165) is 29.7 Å². The molecule has 1 aliphatic rings. The molecule has 0 spiro atoms. The largest absolute Gasteiger partial charge is 0.457 e. The van der Waals surface area contributed by atoms with Crippen molar-refractivity contribution in [2.24, 2.45) is 4.99 Å². The third-order valence-corrected chi connectivity index (χ3v) is 2.58. The Labute approximate surface area is 87.8 Å². The van der Waals surface area contributed by atoms with Gasteiger partial charge in [0.25, 0.3) is 0 Å². The molecule has 0 saturated heterocycles. The van der Waals surface area contributed by atoms with Crippen LogP contribution in [-0.4, -0.2) is 12.8 Å². The highest BCUT2D eigenvalue weighted by Gasteiger charge is 2.15. The van der Waals surface area contributed by atoms with Crippen molar-refractivity contribution in [3.8, 4) is 0 Å². The van der Waals surface area contributed by atoms with Crippen LogP contribution in [-0.2, 0) is 0 Å². The first kappa shape index (κ1) is 8.68. The fourth-order valence-electron chi connectivity index (χ4n) is 1.83. The third kappa shape index (κ3) is 1.55. The summed E-state index contributed by atoms with van der Waals surface area (Å²) >= 11 is 0. The summed E-state index contributed by atoms with van der Waals surface area (Å²) in [6.45, 7) is 0.964. The van der Waals surface area contributed by atoms with Gasteiger partial charge >= 0.3 is 0 Å². The van der Waals surface area contributed by atoms with Gasteiger partial charge < -0.3 is 4.42 Å². The van der Waals surface area contributed by atoms with Gasteiger partial charge in [-0.3, -0.25) is 10.3 Å². The molecule has 2 aromatic rings. The number of aliphatic imine (C=N–C) groups is 1. The summed E-state index contributed by atoms with van der Waals surface area (Å²) in [7, 11) is 0. The lowest BCUT2D eigenvalue weighted by molar-refractivity contribution is 0.437. The number of benzene rings is 1. The number of fused-ring (bicyclic) bond motifs is 1. The van der Waals surface area contributed by atoms with E-state index < -0.39 is 0 Å². The number of hydrogen-bond acceptors (Lipinski definition) is 3. The van der Waals surface area contributed by atoms with Crippen LogP contribution >= 0.6 is 0 Å². The Morgan fingerprint density at radius 3 is 3.07 bits per heavy atom. The van der Waals surface area contributed by atoms with Crippen LogP contribution in [0.15, 0.2) is 39.7 Å². The highest BCUT2D eigenvalue weighted by molar-refractivity contribution is 5.77. The summed E-state index contributed by atoms with van der Waals surface area (Å²) in [6.07, 6.45) is 2.94. The van der Waals surface area contributed by atoms with E-state index in [0.29, 0.717) is 0 Å². The molecule has 1 aliphatic heterocycles. The maximum Gasteiger partial charge on any atom is 0.158 e. The molecule has 1 aromatic carbocycles. The Bertz CT molecular complexity index is 468. The van der Waals surface area contributed by atoms with Gasteiger partial charge in [0.05, 0.1) is 0 Å². The maximum absolute atomic E-state index is 5.73. The molecule has 0 bridgehead atoms. The Morgan fingerprint density at radius 2 is 2.27 bits per heavy atom. The van der Waals surface area contributed by atoms with Gasteiger partial charge in [0, 0.05) is 18.1 Å². The van der Waals surface area contributed by atoms with Gasteiger partial charge in [0.15, 0.2) is 6.17 Å². The molecule has 15 heavy (non-hydrogen) atoms. The van der Waals surface area contributed by atoms with E-state index in [-0.39, 0.29) is 6.17 Å². The number of nitrogens with zero attached hydrogens (tertiary/aromatic N) is 1. The Hall–Kier alpha value is -1.61. The molecule has 1 atom stereocenters. The zero-order chi connectivity index (χ0) is 10.1. The molecule has 0 amide bonds. The summed E-state index contributed by atoms with van der Waals surface area (Å²) in [5.41, 5.74) is 0.926. The molecule has 0 fully saturated rings. The zero-order valence-electron chi connectivity index (χ0n) is 8.31. The number of hydrogen-bond donors (Lipinski definition) is 1. The zero-order valence-corrected chi connectivity index (χ0v) is 8.31. The molecule has 0 aliphatic carbocycles. The highest BCUT2D eigenvalue weighted by atomic mass is 16.3. The van der Waals surface area contributed by atoms with Crippen LogP contribution in [0.2, 0.25) is 0 Å². The third-order valence-electron chi connectivity index (χ3n) is 2.58. The van der Waals surface area contributed by atoms with Crippen molar-refractivity contribution in [3.05, 3.63) is 36.1 Å². The minimum Gasteiger partial charge on any atom is -0.457 e. The Balaban J connectivity index is 2.03. The van der Waals surface area contributed by atoms with Crippen LogP contribution in [0.4, 0.5) is 0 Å². The molecular formula is C12H12N2O. The van der Waals surface area contributed by atoms with E-state index in [2.05, 4.69) is 22.4 Å². The summed E-state index contributed by atoms with van der Waals surface area (Å²) in [5.74, 6) is 0.896. The molecule has 0 saturated carbocycles. The van der Waals surface area contributed by atoms with Crippen LogP contribution in [0.25, 0.3) is 11.0 Å². The van der Waals surface area contributed by atoms with Crippen LogP contribution in [0.1, 0.15) is 18.3 Å². The second-order valence-corrected chi connectivity index (χ2v) is 3.66. The summed E-state index contributed by atoms with van der Waals surface area (Å²) in [6, 6.07) is 10.1. The molecule has 2 heterocycles. The highest BCUT2D eigenvalue weighted by Crippen LogP contribution is 2.25. The summed E-state index contributed by atoms with van der Waals surface area (Å²) in [4.78, 5) is 4.37. The lowest BCUT2D eigenvalue weighted by Crippen LogP contribution is -2.24. The van der Waals surface area contributed by atoms with Gasteiger partial charge in [-0.25, -0.2) is 0 Å². The maximum atomic E-state index is 5.73. The van der Waals surface area contributed by atoms with Crippen LogP contribution in [0, 0.1) is 0 Å². The number of furan rings is 1. The van der Waals surface area contributed by atoms with Gasteiger partial charge in [-0.05, 0) is 18.6 Å². The molecule has 1 N–H and O–H groups in total.